The highest BCUT2D eigenvalue weighted by atomic mass is 35.5. The standard InChI is InChI=1S/C18H14ClF3N4O/c1-11-16(24-25-26(11)14-8-6-13(19)7-9-14)17(27)23-10-12-4-2-3-5-15(12)18(20,21)22/h2-9H,10H2,1H3,(H,23,27). The number of alkyl halides is 3. The van der Waals surface area contributed by atoms with Crippen molar-refractivity contribution < 1.29 is 18.0 Å². The van der Waals surface area contributed by atoms with Crippen molar-refractivity contribution in [2.24, 2.45) is 0 Å². The van der Waals surface area contributed by atoms with Crippen LogP contribution in [0.5, 0.6) is 0 Å². The molecule has 2 aromatic carbocycles. The second kappa shape index (κ2) is 7.40. The van der Waals surface area contributed by atoms with Crippen LogP contribution in [0, 0.1) is 6.92 Å². The number of nitrogens with zero attached hydrogens (tertiary/aromatic N) is 3. The van der Waals surface area contributed by atoms with Gasteiger partial charge in [-0.1, -0.05) is 35.0 Å². The molecule has 0 atom stereocenters. The molecule has 0 saturated heterocycles. The molecule has 0 unspecified atom stereocenters. The van der Waals surface area contributed by atoms with Crippen LogP contribution in [0.15, 0.2) is 48.5 Å². The number of carbonyl (C=O) groups is 1. The van der Waals surface area contributed by atoms with Crippen molar-refractivity contribution in [3.8, 4) is 5.69 Å². The molecule has 0 radical (unpaired) electrons. The van der Waals surface area contributed by atoms with E-state index in [4.69, 9.17) is 11.6 Å². The number of hydrogen-bond acceptors (Lipinski definition) is 3. The van der Waals surface area contributed by atoms with Crippen LogP contribution in [-0.4, -0.2) is 20.9 Å². The molecule has 1 heterocycles. The van der Waals surface area contributed by atoms with Crippen LogP contribution >= 0.6 is 11.6 Å². The molecule has 1 N–H and O–H groups in total. The smallest absolute Gasteiger partial charge is 0.346 e. The molecule has 0 bridgehead atoms. The Morgan fingerprint density at radius 3 is 2.48 bits per heavy atom. The summed E-state index contributed by atoms with van der Waals surface area (Å²) in [6.07, 6.45) is -4.49. The fourth-order valence-corrected chi connectivity index (χ4v) is 2.70. The second-order valence-electron chi connectivity index (χ2n) is 5.75. The van der Waals surface area contributed by atoms with Crippen LogP contribution in [0.4, 0.5) is 13.2 Å². The zero-order valence-corrected chi connectivity index (χ0v) is 14.8. The van der Waals surface area contributed by atoms with E-state index < -0.39 is 17.6 Å². The van der Waals surface area contributed by atoms with E-state index in [1.165, 1.54) is 22.9 Å². The lowest BCUT2D eigenvalue weighted by Crippen LogP contribution is -2.25. The lowest BCUT2D eigenvalue weighted by molar-refractivity contribution is -0.138. The molecular formula is C18H14ClF3N4O. The highest BCUT2D eigenvalue weighted by Gasteiger charge is 2.33. The van der Waals surface area contributed by atoms with Gasteiger partial charge in [0.1, 0.15) is 0 Å². The van der Waals surface area contributed by atoms with Gasteiger partial charge in [0.25, 0.3) is 5.91 Å². The molecule has 5 nitrogen and oxygen atoms in total. The minimum absolute atomic E-state index is 0.0268. The summed E-state index contributed by atoms with van der Waals surface area (Å²) in [7, 11) is 0. The third kappa shape index (κ3) is 4.11. The van der Waals surface area contributed by atoms with Crippen molar-refractivity contribution in [1.82, 2.24) is 20.3 Å². The average Bonchev–Trinajstić information content (AvgIpc) is 3.01. The maximum absolute atomic E-state index is 13.0. The van der Waals surface area contributed by atoms with Crippen LogP contribution in [-0.2, 0) is 12.7 Å². The maximum atomic E-state index is 13.0. The van der Waals surface area contributed by atoms with Crippen LogP contribution in [0.25, 0.3) is 5.69 Å². The monoisotopic (exact) mass is 394 g/mol. The van der Waals surface area contributed by atoms with Gasteiger partial charge >= 0.3 is 6.18 Å². The quantitative estimate of drug-likeness (QED) is 0.722. The van der Waals surface area contributed by atoms with E-state index in [-0.39, 0.29) is 17.8 Å². The van der Waals surface area contributed by atoms with E-state index in [9.17, 15) is 18.0 Å². The van der Waals surface area contributed by atoms with E-state index >= 15 is 0 Å². The first-order valence-electron chi connectivity index (χ1n) is 7.89. The Morgan fingerprint density at radius 2 is 1.81 bits per heavy atom. The summed E-state index contributed by atoms with van der Waals surface area (Å²) in [5.74, 6) is -0.607. The first-order valence-corrected chi connectivity index (χ1v) is 8.26. The summed E-state index contributed by atoms with van der Waals surface area (Å²) in [4.78, 5) is 12.4. The molecule has 27 heavy (non-hydrogen) atoms. The Bertz CT molecular complexity index is 967. The molecule has 0 aliphatic heterocycles. The van der Waals surface area contributed by atoms with Gasteiger partial charge in [-0.3, -0.25) is 4.79 Å². The lowest BCUT2D eigenvalue weighted by Gasteiger charge is -2.13. The van der Waals surface area contributed by atoms with Gasteiger partial charge in [-0.25, -0.2) is 4.68 Å². The molecule has 3 rings (SSSR count). The fourth-order valence-electron chi connectivity index (χ4n) is 2.58. The van der Waals surface area contributed by atoms with Gasteiger partial charge in [-0.15, -0.1) is 5.10 Å². The van der Waals surface area contributed by atoms with E-state index in [2.05, 4.69) is 15.6 Å². The van der Waals surface area contributed by atoms with Crippen molar-refractivity contribution in [2.45, 2.75) is 19.6 Å². The summed E-state index contributed by atoms with van der Waals surface area (Å²) in [6.45, 7) is 1.37. The van der Waals surface area contributed by atoms with E-state index in [0.29, 0.717) is 16.4 Å². The van der Waals surface area contributed by atoms with Crippen molar-refractivity contribution in [2.75, 3.05) is 0 Å². The topological polar surface area (TPSA) is 59.8 Å². The van der Waals surface area contributed by atoms with Crippen molar-refractivity contribution >= 4 is 17.5 Å². The van der Waals surface area contributed by atoms with Gasteiger partial charge in [0.05, 0.1) is 16.9 Å². The van der Waals surface area contributed by atoms with Gasteiger partial charge in [0, 0.05) is 11.6 Å². The Balaban J connectivity index is 1.78. The highest BCUT2D eigenvalue weighted by molar-refractivity contribution is 6.30. The van der Waals surface area contributed by atoms with Gasteiger partial charge in [0.2, 0.25) is 0 Å². The normalized spacial score (nSPS) is 11.4. The average molecular weight is 395 g/mol. The summed E-state index contributed by atoms with van der Waals surface area (Å²) >= 11 is 5.85. The highest BCUT2D eigenvalue weighted by Crippen LogP contribution is 2.31. The molecular weight excluding hydrogens is 381 g/mol. The Labute approximate surface area is 157 Å². The second-order valence-corrected chi connectivity index (χ2v) is 6.19. The Morgan fingerprint density at radius 1 is 1.15 bits per heavy atom. The molecule has 140 valence electrons. The molecule has 3 aromatic rings. The number of hydrogen-bond donors (Lipinski definition) is 1. The van der Waals surface area contributed by atoms with Gasteiger partial charge < -0.3 is 5.32 Å². The Kier molecular flexibility index (Phi) is 5.18. The summed E-state index contributed by atoms with van der Waals surface area (Å²) in [5.41, 5.74) is 0.340. The predicted octanol–water partition coefficient (Wildman–Crippen LogP) is 4.18. The molecule has 0 aliphatic rings. The molecule has 0 spiro atoms. The minimum atomic E-state index is -4.49. The summed E-state index contributed by atoms with van der Waals surface area (Å²) < 4.78 is 40.5. The van der Waals surface area contributed by atoms with Gasteiger partial charge in [-0.05, 0) is 42.8 Å². The first kappa shape index (κ1) is 18.9. The third-order valence-corrected chi connectivity index (χ3v) is 4.19. The van der Waals surface area contributed by atoms with Gasteiger partial charge in [-0.2, -0.15) is 13.2 Å². The number of rotatable bonds is 4. The molecule has 0 saturated carbocycles. The number of nitrogens with one attached hydrogen (secondary N) is 1. The minimum Gasteiger partial charge on any atom is -0.346 e. The number of benzene rings is 2. The van der Waals surface area contributed by atoms with Crippen LogP contribution in [0.1, 0.15) is 27.3 Å². The van der Waals surface area contributed by atoms with Crippen molar-refractivity contribution in [1.29, 1.82) is 0 Å². The van der Waals surface area contributed by atoms with E-state index in [1.54, 1.807) is 31.2 Å². The first-order chi connectivity index (χ1) is 12.8. The van der Waals surface area contributed by atoms with Crippen molar-refractivity contribution in [3.63, 3.8) is 0 Å². The van der Waals surface area contributed by atoms with E-state index in [1.807, 2.05) is 0 Å². The Hall–Kier alpha value is -2.87. The zero-order chi connectivity index (χ0) is 19.6. The SMILES string of the molecule is Cc1c(C(=O)NCc2ccccc2C(F)(F)F)nnn1-c1ccc(Cl)cc1. The third-order valence-electron chi connectivity index (χ3n) is 3.94. The van der Waals surface area contributed by atoms with Gasteiger partial charge in [0.15, 0.2) is 5.69 Å². The number of carbonyl (C=O) groups excluding carboxylic acids is 1. The van der Waals surface area contributed by atoms with E-state index in [0.717, 1.165) is 6.07 Å². The molecule has 9 heteroatoms. The summed E-state index contributed by atoms with van der Waals surface area (Å²) in [6, 6.07) is 11.9. The number of aromatic nitrogens is 3. The van der Waals surface area contributed by atoms with Crippen LogP contribution in [0.2, 0.25) is 5.02 Å². The molecule has 0 fully saturated rings. The zero-order valence-electron chi connectivity index (χ0n) is 14.1. The number of halogens is 4. The van der Waals surface area contributed by atoms with Crippen molar-refractivity contribution in [3.05, 3.63) is 76.1 Å². The maximum Gasteiger partial charge on any atom is 0.416 e. The molecule has 1 aromatic heterocycles. The predicted molar refractivity (Wildman–Crippen MR) is 93.7 cm³/mol. The van der Waals surface area contributed by atoms with Crippen LogP contribution in [0.3, 0.4) is 0 Å². The molecule has 0 aliphatic carbocycles. The molecule has 1 amide bonds. The largest absolute Gasteiger partial charge is 0.416 e. The fraction of sp³-hybridized carbons (Fsp3) is 0.167. The van der Waals surface area contributed by atoms with Crippen LogP contribution < -0.4 is 5.32 Å². The summed E-state index contributed by atoms with van der Waals surface area (Å²) in [5, 5.41) is 10.8. The lowest BCUT2D eigenvalue weighted by atomic mass is 10.1. The number of amides is 1.